The van der Waals surface area contributed by atoms with Gasteiger partial charge in [0.15, 0.2) is 11.5 Å². The first-order chi connectivity index (χ1) is 14.0. The Balaban J connectivity index is 2.08. The van der Waals surface area contributed by atoms with Crippen LogP contribution >= 0.6 is 11.6 Å². The van der Waals surface area contributed by atoms with Gasteiger partial charge in [0.1, 0.15) is 5.82 Å². The zero-order valence-corrected chi connectivity index (χ0v) is 17.0. The number of ether oxygens (including phenoxy) is 2. The van der Waals surface area contributed by atoms with Crippen LogP contribution in [0.1, 0.15) is 5.56 Å². The predicted octanol–water partition coefficient (Wildman–Crippen LogP) is 6.69. The molecule has 0 unspecified atom stereocenters. The van der Waals surface area contributed by atoms with Gasteiger partial charge in [-0.1, -0.05) is 23.7 Å². The van der Waals surface area contributed by atoms with Gasteiger partial charge in [-0.15, -0.1) is 0 Å². The lowest BCUT2D eigenvalue weighted by atomic mass is 9.96. The summed E-state index contributed by atoms with van der Waals surface area (Å²) >= 11 is 6.06. The highest BCUT2D eigenvalue weighted by Crippen LogP contribution is 2.40. The summed E-state index contributed by atoms with van der Waals surface area (Å²) in [4.78, 5) is 4.97. The number of benzene rings is 3. The van der Waals surface area contributed by atoms with Gasteiger partial charge >= 0.3 is 0 Å². The first kappa shape index (κ1) is 19.2. The van der Waals surface area contributed by atoms with Crippen LogP contribution in [-0.4, -0.2) is 19.2 Å². The van der Waals surface area contributed by atoms with Gasteiger partial charge in [0.25, 0.3) is 0 Å². The van der Waals surface area contributed by atoms with E-state index in [-0.39, 0.29) is 5.82 Å². The van der Waals surface area contributed by atoms with Gasteiger partial charge < -0.3 is 9.47 Å². The molecule has 0 aliphatic heterocycles. The van der Waals surface area contributed by atoms with E-state index in [1.807, 2.05) is 43.3 Å². The largest absolute Gasteiger partial charge is 0.493 e. The van der Waals surface area contributed by atoms with Crippen molar-refractivity contribution in [2.24, 2.45) is 0 Å². The number of halogens is 2. The average molecular weight is 408 g/mol. The molecular weight excluding hydrogens is 389 g/mol. The molecule has 0 saturated heterocycles. The highest BCUT2D eigenvalue weighted by molar-refractivity contribution is 6.30. The molecule has 0 aliphatic carbocycles. The van der Waals surface area contributed by atoms with Crippen molar-refractivity contribution in [3.05, 3.63) is 77.1 Å². The van der Waals surface area contributed by atoms with Crippen molar-refractivity contribution >= 4 is 22.4 Å². The zero-order valence-electron chi connectivity index (χ0n) is 16.3. The van der Waals surface area contributed by atoms with Gasteiger partial charge in [0.2, 0.25) is 0 Å². The minimum Gasteiger partial charge on any atom is -0.493 e. The normalized spacial score (nSPS) is 10.9. The molecule has 1 heterocycles. The summed E-state index contributed by atoms with van der Waals surface area (Å²) in [5.74, 6) is 0.965. The van der Waals surface area contributed by atoms with Crippen molar-refractivity contribution in [2.45, 2.75) is 6.92 Å². The molecule has 4 rings (SSSR count). The van der Waals surface area contributed by atoms with Gasteiger partial charge in [-0.25, -0.2) is 9.37 Å². The van der Waals surface area contributed by atoms with Crippen LogP contribution in [0.25, 0.3) is 33.3 Å². The molecule has 0 amide bonds. The Morgan fingerprint density at radius 1 is 0.759 bits per heavy atom. The molecule has 1 aromatic heterocycles. The summed E-state index contributed by atoms with van der Waals surface area (Å²) in [5.41, 5.74) is 4.36. The van der Waals surface area contributed by atoms with E-state index >= 15 is 0 Å². The standard InChI is InChI=1S/C24H19ClFNO2/c1-14-19-12-21(28-2)22(29-3)13-20(19)24(16-6-10-18(26)11-7-16)27-23(14)15-4-8-17(25)9-5-15/h4-13H,1-3H3. The second-order valence-electron chi connectivity index (χ2n) is 6.70. The van der Waals surface area contributed by atoms with Gasteiger partial charge in [-0.05, 0) is 66.4 Å². The second-order valence-corrected chi connectivity index (χ2v) is 7.14. The third-order valence-corrected chi connectivity index (χ3v) is 5.25. The van der Waals surface area contributed by atoms with Crippen LogP contribution in [0.3, 0.4) is 0 Å². The number of aryl methyl sites for hydroxylation is 1. The number of hydrogen-bond acceptors (Lipinski definition) is 3. The monoisotopic (exact) mass is 407 g/mol. The third kappa shape index (κ3) is 3.52. The Kier molecular flexibility index (Phi) is 5.12. The summed E-state index contributed by atoms with van der Waals surface area (Å²) in [5, 5.41) is 2.56. The number of aromatic nitrogens is 1. The third-order valence-electron chi connectivity index (χ3n) is 5.00. The predicted molar refractivity (Wildman–Crippen MR) is 115 cm³/mol. The second kappa shape index (κ2) is 7.72. The Labute approximate surface area is 173 Å². The van der Waals surface area contributed by atoms with Gasteiger partial charge in [0.05, 0.1) is 25.6 Å². The number of nitrogens with zero attached hydrogens (tertiary/aromatic N) is 1. The summed E-state index contributed by atoms with van der Waals surface area (Å²) < 4.78 is 24.5. The lowest BCUT2D eigenvalue weighted by molar-refractivity contribution is 0.356. The van der Waals surface area contributed by atoms with Crippen molar-refractivity contribution in [3.8, 4) is 34.0 Å². The van der Waals surface area contributed by atoms with Crippen molar-refractivity contribution in [3.63, 3.8) is 0 Å². The lowest BCUT2D eigenvalue weighted by Gasteiger charge is -2.17. The Morgan fingerprint density at radius 2 is 1.28 bits per heavy atom. The maximum Gasteiger partial charge on any atom is 0.161 e. The molecule has 0 aliphatic rings. The SMILES string of the molecule is COc1cc2c(-c3ccc(F)cc3)nc(-c3ccc(Cl)cc3)c(C)c2cc1OC. The van der Waals surface area contributed by atoms with Crippen LogP contribution in [-0.2, 0) is 0 Å². The lowest BCUT2D eigenvalue weighted by Crippen LogP contribution is -1.98. The van der Waals surface area contributed by atoms with Gasteiger partial charge in [-0.3, -0.25) is 0 Å². The molecule has 0 N–H and O–H groups in total. The van der Waals surface area contributed by atoms with E-state index in [4.69, 9.17) is 26.1 Å². The molecule has 0 bridgehead atoms. The summed E-state index contributed by atoms with van der Waals surface area (Å²) in [6, 6.07) is 17.8. The van der Waals surface area contributed by atoms with Crippen LogP contribution in [0.2, 0.25) is 5.02 Å². The Morgan fingerprint density at radius 3 is 1.86 bits per heavy atom. The van der Waals surface area contributed by atoms with Crippen LogP contribution in [0.5, 0.6) is 11.5 Å². The number of rotatable bonds is 4. The fourth-order valence-electron chi connectivity index (χ4n) is 3.49. The van der Waals surface area contributed by atoms with Crippen molar-refractivity contribution in [1.29, 1.82) is 0 Å². The summed E-state index contributed by atoms with van der Waals surface area (Å²) in [6.07, 6.45) is 0. The number of fused-ring (bicyclic) bond motifs is 1. The zero-order chi connectivity index (χ0) is 20.5. The molecule has 4 aromatic rings. The van der Waals surface area contributed by atoms with E-state index in [0.717, 1.165) is 38.9 Å². The first-order valence-corrected chi connectivity index (χ1v) is 9.48. The molecular formula is C24H19ClFNO2. The van der Waals surface area contributed by atoms with E-state index < -0.39 is 0 Å². The fraction of sp³-hybridized carbons (Fsp3) is 0.125. The molecule has 0 radical (unpaired) electrons. The molecule has 29 heavy (non-hydrogen) atoms. The average Bonchev–Trinajstić information content (AvgIpc) is 2.75. The Hall–Kier alpha value is -3.11. The number of hydrogen-bond donors (Lipinski definition) is 0. The van der Waals surface area contributed by atoms with Crippen LogP contribution in [0, 0.1) is 12.7 Å². The van der Waals surface area contributed by atoms with E-state index in [9.17, 15) is 4.39 Å². The van der Waals surface area contributed by atoms with Crippen molar-refractivity contribution in [2.75, 3.05) is 14.2 Å². The topological polar surface area (TPSA) is 31.4 Å². The van der Waals surface area contributed by atoms with E-state index in [1.165, 1.54) is 12.1 Å². The van der Waals surface area contributed by atoms with Gasteiger partial charge in [-0.2, -0.15) is 0 Å². The van der Waals surface area contributed by atoms with E-state index in [0.29, 0.717) is 16.5 Å². The van der Waals surface area contributed by atoms with Crippen LogP contribution in [0.4, 0.5) is 4.39 Å². The molecule has 146 valence electrons. The maximum absolute atomic E-state index is 13.5. The highest BCUT2D eigenvalue weighted by atomic mass is 35.5. The van der Waals surface area contributed by atoms with Crippen LogP contribution in [0.15, 0.2) is 60.7 Å². The molecule has 0 saturated carbocycles. The minimum absolute atomic E-state index is 0.289. The van der Waals surface area contributed by atoms with Crippen LogP contribution < -0.4 is 9.47 Å². The molecule has 5 heteroatoms. The molecule has 3 aromatic carbocycles. The molecule has 3 nitrogen and oxygen atoms in total. The van der Waals surface area contributed by atoms with E-state index in [2.05, 4.69) is 0 Å². The maximum atomic E-state index is 13.5. The first-order valence-electron chi connectivity index (χ1n) is 9.10. The van der Waals surface area contributed by atoms with Crippen molar-refractivity contribution < 1.29 is 13.9 Å². The molecule has 0 spiro atoms. The number of pyridine rings is 1. The highest BCUT2D eigenvalue weighted by Gasteiger charge is 2.17. The van der Waals surface area contributed by atoms with E-state index in [1.54, 1.807) is 26.4 Å². The summed E-state index contributed by atoms with van der Waals surface area (Å²) in [7, 11) is 3.21. The smallest absolute Gasteiger partial charge is 0.161 e. The summed E-state index contributed by atoms with van der Waals surface area (Å²) in [6.45, 7) is 2.03. The number of methoxy groups -OCH3 is 2. The van der Waals surface area contributed by atoms with Gasteiger partial charge in [0, 0.05) is 21.5 Å². The quantitative estimate of drug-likeness (QED) is 0.377. The molecule has 0 fully saturated rings. The fourth-order valence-corrected chi connectivity index (χ4v) is 3.61. The Bertz CT molecular complexity index is 1190. The minimum atomic E-state index is -0.289. The van der Waals surface area contributed by atoms with Crippen molar-refractivity contribution in [1.82, 2.24) is 4.98 Å². The molecule has 0 atom stereocenters.